The van der Waals surface area contributed by atoms with Crippen LogP contribution in [0, 0.1) is 10.1 Å². The molecule has 2 heterocycles. The molecule has 1 aliphatic rings. The number of nitro benzene ring substituents is 1. The van der Waals surface area contributed by atoms with Crippen molar-refractivity contribution in [3.63, 3.8) is 0 Å². The van der Waals surface area contributed by atoms with Gasteiger partial charge in [0.15, 0.2) is 0 Å². The van der Waals surface area contributed by atoms with E-state index in [2.05, 4.69) is 42.9 Å². The fourth-order valence-corrected chi connectivity index (χ4v) is 5.28. The number of benzene rings is 3. The van der Waals surface area contributed by atoms with Crippen molar-refractivity contribution < 1.29 is 19.2 Å². The van der Waals surface area contributed by atoms with Gasteiger partial charge in [0.2, 0.25) is 17.8 Å². The molecule has 0 radical (unpaired) electrons. The quantitative estimate of drug-likeness (QED) is 0.0642. The summed E-state index contributed by atoms with van der Waals surface area (Å²) in [4.78, 5) is 41.7. The first-order valence-corrected chi connectivity index (χ1v) is 16.7. The molecule has 0 aliphatic carbocycles. The number of ether oxygens (including phenoxy) is 2. The van der Waals surface area contributed by atoms with E-state index in [1.54, 1.807) is 24.3 Å². The summed E-state index contributed by atoms with van der Waals surface area (Å²) in [5.41, 5.74) is 9.12. The number of aromatic nitrogens is 3. The van der Waals surface area contributed by atoms with E-state index in [9.17, 15) is 14.9 Å². The van der Waals surface area contributed by atoms with Crippen molar-refractivity contribution in [2.24, 2.45) is 5.73 Å². The molecular weight excluding hydrogens is 640 g/mol. The van der Waals surface area contributed by atoms with E-state index < -0.39 is 4.92 Å². The Bertz CT molecular complexity index is 1640. The van der Waals surface area contributed by atoms with E-state index in [1.165, 1.54) is 17.7 Å². The molecule has 1 amide bonds. The molecule has 264 valence electrons. The Morgan fingerprint density at radius 2 is 1.42 bits per heavy atom. The smallest absolute Gasteiger partial charge is 0.269 e. The SMILES string of the molecule is NCCOCCOCCNC(=O)c1ccc(CNc2nc(NCCc3ccccc3)nc(N3CCN(c4ccc([N+](=O)[O-])cc4)CC3)n2)cc1. The average Bonchev–Trinajstić information content (AvgIpc) is 3.15. The Labute approximate surface area is 291 Å². The third-order valence-corrected chi connectivity index (χ3v) is 7.98. The number of non-ortho nitro benzene ring substituents is 1. The zero-order valence-corrected chi connectivity index (χ0v) is 28.0. The van der Waals surface area contributed by atoms with Crippen molar-refractivity contribution in [3.05, 3.63) is 106 Å². The number of rotatable bonds is 19. The van der Waals surface area contributed by atoms with Gasteiger partial charge in [0, 0.05) is 75.7 Å². The van der Waals surface area contributed by atoms with Gasteiger partial charge in [-0.15, -0.1) is 0 Å². The maximum absolute atomic E-state index is 12.6. The van der Waals surface area contributed by atoms with Crippen molar-refractivity contribution in [1.29, 1.82) is 0 Å². The molecule has 15 heteroatoms. The molecule has 1 aliphatic heterocycles. The Hall–Kier alpha value is -5.38. The molecular formula is C35H44N10O5. The van der Waals surface area contributed by atoms with E-state index in [-0.39, 0.29) is 11.6 Å². The second kappa shape index (κ2) is 19.0. The number of nitro groups is 1. The van der Waals surface area contributed by atoms with Crippen LogP contribution in [0.15, 0.2) is 78.9 Å². The fourth-order valence-electron chi connectivity index (χ4n) is 5.28. The molecule has 50 heavy (non-hydrogen) atoms. The van der Waals surface area contributed by atoms with Crippen LogP contribution in [-0.4, -0.2) is 98.0 Å². The Morgan fingerprint density at radius 3 is 2.10 bits per heavy atom. The lowest BCUT2D eigenvalue weighted by molar-refractivity contribution is -0.384. The molecule has 0 spiro atoms. The van der Waals surface area contributed by atoms with E-state index in [0.717, 1.165) is 17.7 Å². The van der Waals surface area contributed by atoms with Gasteiger partial charge in [-0.3, -0.25) is 14.9 Å². The minimum Gasteiger partial charge on any atom is -0.378 e. The first kappa shape index (κ1) is 35.9. The second-order valence-corrected chi connectivity index (χ2v) is 11.5. The van der Waals surface area contributed by atoms with Gasteiger partial charge >= 0.3 is 0 Å². The van der Waals surface area contributed by atoms with Crippen molar-refractivity contribution in [1.82, 2.24) is 20.3 Å². The van der Waals surface area contributed by atoms with Crippen LogP contribution in [0.1, 0.15) is 21.5 Å². The number of anilines is 4. The Balaban J connectivity index is 1.17. The minimum atomic E-state index is -0.392. The number of carbonyl (C=O) groups excluding carboxylic acids is 1. The van der Waals surface area contributed by atoms with Gasteiger partial charge in [0.1, 0.15) is 0 Å². The number of nitrogens with one attached hydrogen (secondary N) is 3. The molecule has 5 rings (SSSR count). The largest absolute Gasteiger partial charge is 0.378 e. The summed E-state index contributed by atoms with van der Waals surface area (Å²) in [6.07, 6.45) is 0.815. The van der Waals surface area contributed by atoms with Gasteiger partial charge in [-0.25, -0.2) is 0 Å². The summed E-state index contributed by atoms with van der Waals surface area (Å²) in [7, 11) is 0. The normalized spacial score (nSPS) is 12.8. The summed E-state index contributed by atoms with van der Waals surface area (Å²) in [5, 5.41) is 20.6. The number of hydrogen-bond donors (Lipinski definition) is 4. The van der Waals surface area contributed by atoms with Gasteiger partial charge in [-0.1, -0.05) is 42.5 Å². The predicted octanol–water partition coefficient (Wildman–Crippen LogP) is 3.09. The van der Waals surface area contributed by atoms with Crippen molar-refractivity contribution in [2.45, 2.75) is 13.0 Å². The molecule has 4 aromatic rings. The number of nitrogens with zero attached hydrogens (tertiary/aromatic N) is 6. The maximum atomic E-state index is 12.6. The van der Waals surface area contributed by atoms with Gasteiger partial charge in [0.25, 0.3) is 11.6 Å². The Kier molecular flexibility index (Phi) is 13.6. The van der Waals surface area contributed by atoms with E-state index in [0.29, 0.717) is 102 Å². The van der Waals surface area contributed by atoms with Crippen LogP contribution in [0.2, 0.25) is 0 Å². The number of carbonyl (C=O) groups is 1. The predicted molar refractivity (Wildman–Crippen MR) is 193 cm³/mol. The van der Waals surface area contributed by atoms with E-state index in [1.807, 2.05) is 30.3 Å². The molecule has 1 fully saturated rings. The van der Waals surface area contributed by atoms with Crippen molar-refractivity contribution >= 4 is 35.1 Å². The summed E-state index contributed by atoms with van der Waals surface area (Å²) < 4.78 is 10.7. The lowest BCUT2D eigenvalue weighted by Gasteiger charge is -2.36. The molecule has 0 bridgehead atoms. The standard InChI is InChI=1S/C35H44N10O5/c36-15-22-49-24-25-50-23-17-37-32(46)29-8-6-28(7-9-29)26-39-34-40-33(38-16-14-27-4-2-1-3-5-27)41-35(42-34)44-20-18-43(19-21-44)30-10-12-31(13-11-30)45(47)48/h1-13H,14-26,36H2,(H,37,46)(H2,38,39,40,41,42). The van der Waals surface area contributed by atoms with Gasteiger partial charge < -0.3 is 41.0 Å². The molecule has 5 N–H and O–H groups in total. The first-order chi connectivity index (χ1) is 24.5. The van der Waals surface area contributed by atoms with Crippen LogP contribution in [-0.2, 0) is 22.4 Å². The summed E-state index contributed by atoms with van der Waals surface area (Å²) in [6, 6.07) is 24.2. The molecule has 3 aromatic carbocycles. The highest BCUT2D eigenvalue weighted by atomic mass is 16.6. The number of amides is 1. The van der Waals surface area contributed by atoms with Gasteiger partial charge in [-0.2, -0.15) is 15.0 Å². The molecule has 0 saturated carbocycles. The second-order valence-electron chi connectivity index (χ2n) is 11.5. The van der Waals surface area contributed by atoms with Crippen LogP contribution in [0.5, 0.6) is 0 Å². The highest BCUT2D eigenvalue weighted by Crippen LogP contribution is 2.23. The third-order valence-electron chi connectivity index (χ3n) is 7.98. The van der Waals surface area contributed by atoms with Crippen LogP contribution in [0.3, 0.4) is 0 Å². The fraction of sp³-hybridized carbons (Fsp3) is 0.371. The maximum Gasteiger partial charge on any atom is 0.269 e. The summed E-state index contributed by atoms with van der Waals surface area (Å²) in [5.74, 6) is 1.30. The van der Waals surface area contributed by atoms with Crippen molar-refractivity contribution in [3.8, 4) is 0 Å². The molecule has 1 saturated heterocycles. The molecule has 0 unspecified atom stereocenters. The minimum absolute atomic E-state index is 0.0738. The zero-order valence-electron chi connectivity index (χ0n) is 28.0. The topological polar surface area (TPSA) is 186 Å². The zero-order chi connectivity index (χ0) is 35.0. The average molecular weight is 685 g/mol. The molecule has 0 atom stereocenters. The van der Waals surface area contributed by atoms with Crippen LogP contribution in [0.4, 0.5) is 29.2 Å². The van der Waals surface area contributed by atoms with Crippen molar-refractivity contribution in [2.75, 3.05) is 92.7 Å². The molecule has 15 nitrogen and oxygen atoms in total. The lowest BCUT2D eigenvalue weighted by atomic mass is 10.1. The highest BCUT2D eigenvalue weighted by molar-refractivity contribution is 5.94. The monoisotopic (exact) mass is 684 g/mol. The third kappa shape index (κ3) is 11.1. The lowest BCUT2D eigenvalue weighted by Crippen LogP contribution is -2.47. The summed E-state index contributed by atoms with van der Waals surface area (Å²) in [6.45, 7) is 6.55. The van der Waals surface area contributed by atoms with Crippen LogP contribution in [0.25, 0.3) is 0 Å². The number of hydrogen-bond acceptors (Lipinski definition) is 13. The highest BCUT2D eigenvalue weighted by Gasteiger charge is 2.21. The summed E-state index contributed by atoms with van der Waals surface area (Å²) >= 11 is 0. The van der Waals surface area contributed by atoms with Gasteiger partial charge in [0.05, 0.1) is 31.4 Å². The Morgan fingerprint density at radius 1 is 0.760 bits per heavy atom. The first-order valence-electron chi connectivity index (χ1n) is 16.7. The van der Waals surface area contributed by atoms with E-state index in [4.69, 9.17) is 25.2 Å². The van der Waals surface area contributed by atoms with Gasteiger partial charge in [-0.05, 0) is 41.8 Å². The molecule has 1 aromatic heterocycles. The van der Waals surface area contributed by atoms with E-state index >= 15 is 0 Å². The number of nitrogens with two attached hydrogens (primary N) is 1. The van der Waals surface area contributed by atoms with Crippen LogP contribution < -0.4 is 31.5 Å². The number of piperazine rings is 1. The van der Waals surface area contributed by atoms with Crippen LogP contribution >= 0.6 is 0 Å².